The molecule has 0 bridgehead atoms. The highest BCUT2D eigenvalue weighted by molar-refractivity contribution is 5.94. The molecule has 144 valence electrons. The van der Waals surface area contributed by atoms with Crippen LogP contribution in [0.25, 0.3) is 0 Å². The van der Waals surface area contributed by atoms with Gasteiger partial charge in [0.1, 0.15) is 5.82 Å². The first kappa shape index (κ1) is 19.4. The number of nitrogens with zero attached hydrogens (tertiary/aromatic N) is 3. The van der Waals surface area contributed by atoms with E-state index in [9.17, 15) is 4.79 Å². The van der Waals surface area contributed by atoms with Gasteiger partial charge in [0.05, 0.1) is 17.8 Å². The lowest BCUT2D eigenvalue weighted by atomic mass is 9.98. The minimum Gasteiger partial charge on any atom is -0.372 e. The molecule has 2 saturated heterocycles. The van der Waals surface area contributed by atoms with Crippen LogP contribution in [0.4, 0.5) is 5.82 Å². The number of likely N-dealkylation sites (tertiary alicyclic amines) is 1. The van der Waals surface area contributed by atoms with Crippen LogP contribution in [0.3, 0.4) is 0 Å². The summed E-state index contributed by atoms with van der Waals surface area (Å²) in [5, 5.41) is 0. The number of anilines is 1. The van der Waals surface area contributed by atoms with Gasteiger partial charge in [-0.05, 0) is 50.7 Å². The molecule has 1 amide bonds. The van der Waals surface area contributed by atoms with Crippen molar-refractivity contribution in [2.45, 2.75) is 44.9 Å². The number of carbonyl (C=O) groups excluding carboxylic acids is 1. The Hall–Kier alpha value is -1.37. The lowest BCUT2D eigenvalue weighted by molar-refractivity contribution is -0.00546. The van der Waals surface area contributed by atoms with Gasteiger partial charge in [-0.25, -0.2) is 4.98 Å². The largest absolute Gasteiger partial charge is 0.372 e. The Kier molecular flexibility index (Phi) is 5.75. The van der Waals surface area contributed by atoms with Gasteiger partial charge in [-0.2, -0.15) is 0 Å². The Balaban J connectivity index is 0.00000196. The van der Waals surface area contributed by atoms with Gasteiger partial charge in [0.15, 0.2) is 0 Å². The third-order valence-corrected chi connectivity index (χ3v) is 5.94. The van der Waals surface area contributed by atoms with E-state index in [1.54, 1.807) is 6.20 Å². The van der Waals surface area contributed by atoms with Gasteiger partial charge in [-0.1, -0.05) is 0 Å². The first-order valence-corrected chi connectivity index (χ1v) is 9.42. The molecule has 3 heterocycles. The van der Waals surface area contributed by atoms with Crippen LogP contribution >= 0.6 is 12.4 Å². The third-order valence-electron chi connectivity index (χ3n) is 5.94. The van der Waals surface area contributed by atoms with Crippen LogP contribution in [0.1, 0.15) is 37.0 Å². The monoisotopic (exact) mass is 380 g/mol. The van der Waals surface area contributed by atoms with Crippen molar-refractivity contribution < 1.29 is 9.53 Å². The summed E-state index contributed by atoms with van der Waals surface area (Å²) < 4.78 is 5.77. The number of hydrogen-bond acceptors (Lipinski definition) is 5. The summed E-state index contributed by atoms with van der Waals surface area (Å²) in [5.41, 5.74) is 6.85. The Bertz CT molecular complexity index is 631. The second-order valence-corrected chi connectivity index (χ2v) is 7.94. The van der Waals surface area contributed by atoms with Crippen LogP contribution in [-0.2, 0) is 4.74 Å². The van der Waals surface area contributed by atoms with Crippen molar-refractivity contribution in [3.05, 3.63) is 23.9 Å². The van der Waals surface area contributed by atoms with Gasteiger partial charge in [0, 0.05) is 38.4 Å². The number of carbonyl (C=O) groups is 1. The number of hydrogen-bond donors (Lipinski definition) is 1. The summed E-state index contributed by atoms with van der Waals surface area (Å²) in [7, 11) is 0. The zero-order valence-corrected chi connectivity index (χ0v) is 16.3. The van der Waals surface area contributed by atoms with Gasteiger partial charge in [0.2, 0.25) is 0 Å². The van der Waals surface area contributed by atoms with Crippen molar-refractivity contribution in [3.63, 3.8) is 0 Å². The predicted octanol–water partition coefficient (Wildman–Crippen LogP) is 1.93. The van der Waals surface area contributed by atoms with Gasteiger partial charge in [-0.3, -0.25) is 4.79 Å². The predicted molar refractivity (Wildman–Crippen MR) is 104 cm³/mol. The zero-order valence-electron chi connectivity index (χ0n) is 15.5. The van der Waals surface area contributed by atoms with E-state index in [2.05, 4.69) is 23.7 Å². The van der Waals surface area contributed by atoms with Gasteiger partial charge in [0.25, 0.3) is 5.91 Å². The number of rotatable bonds is 2. The molecule has 26 heavy (non-hydrogen) atoms. The first-order chi connectivity index (χ1) is 12.0. The maximum atomic E-state index is 12.8. The first-order valence-electron chi connectivity index (χ1n) is 9.42. The zero-order chi connectivity index (χ0) is 17.6. The molecule has 0 aromatic carbocycles. The SMILES string of the molecule is CC1CN(c2ccc(C(=O)N3CC4CCC(N)C4C3)cn2)CC(C)O1.Cl. The molecule has 3 aliphatic rings. The molecule has 4 rings (SSSR count). The van der Waals surface area contributed by atoms with Crippen molar-refractivity contribution in [1.82, 2.24) is 9.88 Å². The fourth-order valence-corrected chi connectivity index (χ4v) is 4.72. The van der Waals surface area contributed by atoms with Crippen molar-refractivity contribution in [3.8, 4) is 0 Å². The minimum absolute atomic E-state index is 0. The van der Waals surface area contributed by atoms with Crippen molar-refractivity contribution >= 4 is 24.1 Å². The number of morpholine rings is 1. The van der Waals surface area contributed by atoms with E-state index in [0.29, 0.717) is 17.4 Å². The summed E-state index contributed by atoms with van der Waals surface area (Å²) in [6.07, 6.45) is 4.36. The van der Waals surface area contributed by atoms with E-state index in [1.165, 1.54) is 0 Å². The topological polar surface area (TPSA) is 71.7 Å². The van der Waals surface area contributed by atoms with E-state index in [-0.39, 0.29) is 36.6 Å². The summed E-state index contributed by atoms with van der Waals surface area (Å²) in [5.74, 6) is 2.07. The maximum Gasteiger partial charge on any atom is 0.255 e. The number of aromatic nitrogens is 1. The third kappa shape index (κ3) is 3.68. The molecule has 3 fully saturated rings. The number of ether oxygens (including phenoxy) is 1. The second-order valence-electron chi connectivity index (χ2n) is 7.94. The molecule has 5 atom stereocenters. The van der Waals surface area contributed by atoms with Crippen LogP contribution in [0, 0.1) is 11.8 Å². The number of halogens is 1. The van der Waals surface area contributed by atoms with Crippen LogP contribution in [0.15, 0.2) is 18.3 Å². The number of nitrogens with two attached hydrogens (primary N) is 1. The second kappa shape index (κ2) is 7.71. The summed E-state index contributed by atoms with van der Waals surface area (Å²) in [4.78, 5) is 21.5. The minimum atomic E-state index is 0. The highest BCUT2D eigenvalue weighted by atomic mass is 35.5. The fourth-order valence-electron chi connectivity index (χ4n) is 4.72. The lowest BCUT2D eigenvalue weighted by Gasteiger charge is -2.36. The Morgan fingerprint density at radius 1 is 1.15 bits per heavy atom. The summed E-state index contributed by atoms with van der Waals surface area (Å²) in [6, 6.07) is 4.12. The van der Waals surface area contributed by atoms with Crippen LogP contribution < -0.4 is 10.6 Å². The molecule has 1 aromatic rings. The molecule has 6 nitrogen and oxygen atoms in total. The van der Waals surface area contributed by atoms with Gasteiger partial charge in [-0.15, -0.1) is 12.4 Å². The standard InChI is InChI=1S/C19H28N4O2.ClH/c1-12-8-22(9-13(2)25-12)18-6-4-14(7-21-18)19(24)23-10-15-3-5-17(20)16(15)11-23;/h4,6-7,12-13,15-17H,3,5,8-11,20H2,1-2H3;1H. The molecule has 1 saturated carbocycles. The Morgan fingerprint density at radius 3 is 2.50 bits per heavy atom. The maximum absolute atomic E-state index is 12.8. The van der Waals surface area contributed by atoms with Gasteiger partial charge < -0.3 is 20.3 Å². The molecule has 7 heteroatoms. The van der Waals surface area contributed by atoms with Crippen LogP contribution in [0.2, 0.25) is 0 Å². The van der Waals surface area contributed by atoms with Gasteiger partial charge >= 0.3 is 0 Å². The smallest absolute Gasteiger partial charge is 0.255 e. The molecule has 0 spiro atoms. The normalized spacial score (nSPS) is 33.7. The summed E-state index contributed by atoms with van der Waals surface area (Å²) in [6.45, 7) is 7.46. The molecule has 2 aliphatic heterocycles. The number of fused-ring (bicyclic) bond motifs is 1. The average Bonchev–Trinajstić information content (AvgIpc) is 3.16. The quantitative estimate of drug-likeness (QED) is 0.848. The van der Waals surface area contributed by atoms with Crippen LogP contribution in [0.5, 0.6) is 0 Å². The van der Waals surface area contributed by atoms with Crippen molar-refractivity contribution in [1.29, 1.82) is 0 Å². The molecular formula is C19H29ClN4O2. The van der Waals surface area contributed by atoms with E-state index in [0.717, 1.165) is 44.8 Å². The Labute approximate surface area is 161 Å². The number of amides is 1. The average molecular weight is 381 g/mol. The molecule has 1 aliphatic carbocycles. The molecular weight excluding hydrogens is 352 g/mol. The molecule has 2 N–H and O–H groups in total. The van der Waals surface area contributed by atoms with E-state index < -0.39 is 0 Å². The fraction of sp³-hybridized carbons (Fsp3) is 0.684. The Morgan fingerprint density at radius 2 is 1.88 bits per heavy atom. The lowest BCUT2D eigenvalue weighted by Crippen LogP contribution is -2.45. The van der Waals surface area contributed by atoms with Crippen molar-refractivity contribution in [2.75, 3.05) is 31.1 Å². The van der Waals surface area contributed by atoms with Crippen LogP contribution in [-0.4, -0.2) is 60.2 Å². The highest BCUT2D eigenvalue weighted by Crippen LogP contribution is 2.37. The van der Waals surface area contributed by atoms with E-state index >= 15 is 0 Å². The van der Waals surface area contributed by atoms with Crippen molar-refractivity contribution in [2.24, 2.45) is 17.6 Å². The molecule has 1 aromatic heterocycles. The number of pyridine rings is 1. The van der Waals surface area contributed by atoms with E-state index in [1.807, 2.05) is 17.0 Å². The molecule has 0 radical (unpaired) electrons. The summed E-state index contributed by atoms with van der Waals surface area (Å²) >= 11 is 0. The van der Waals surface area contributed by atoms with E-state index in [4.69, 9.17) is 10.5 Å². The highest BCUT2D eigenvalue weighted by Gasteiger charge is 2.42. The molecule has 5 unspecified atom stereocenters.